The van der Waals surface area contributed by atoms with E-state index in [0.717, 1.165) is 17.8 Å². The number of hydrogen-bond acceptors (Lipinski definition) is 3. The first-order valence-corrected chi connectivity index (χ1v) is 8.90. The van der Waals surface area contributed by atoms with E-state index >= 15 is 0 Å². The molecular weight excluding hydrogens is 348 g/mol. The van der Waals surface area contributed by atoms with Gasteiger partial charge in [-0.05, 0) is 29.8 Å². The fraction of sp³-hybridized carbons (Fsp3) is 0.200. The number of rotatable bonds is 2. The van der Waals surface area contributed by atoms with Crippen LogP contribution in [0.2, 0.25) is 5.02 Å². The first kappa shape index (κ1) is 16.7. The highest BCUT2D eigenvalue weighted by Crippen LogP contribution is 2.25. The van der Waals surface area contributed by atoms with Crippen LogP contribution in [0.25, 0.3) is 5.69 Å². The molecule has 0 saturated heterocycles. The van der Waals surface area contributed by atoms with Crippen LogP contribution >= 0.6 is 11.6 Å². The summed E-state index contributed by atoms with van der Waals surface area (Å²) in [4.78, 5) is 17.0. The molecule has 3 aromatic rings. The lowest BCUT2D eigenvalue weighted by Crippen LogP contribution is -2.34. The van der Waals surface area contributed by atoms with Gasteiger partial charge in [-0.1, -0.05) is 41.9 Å². The fourth-order valence-corrected chi connectivity index (χ4v) is 3.46. The Bertz CT molecular complexity index is 952. The highest BCUT2D eigenvalue weighted by molar-refractivity contribution is 6.32. The van der Waals surface area contributed by atoms with Crippen molar-refractivity contribution in [2.45, 2.75) is 6.54 Å². The molecule has 0 N–H and O–H groups in total. The van der Waals surface area contributed by atoms with Crippen molar-refractivity contribution in [2.24, 2.45) is 0 Å². The molecule has 2 aromatic carbocycles. The SMILES string of the molecule is CN1CCN(C(=O)c2ccn(-c3ccccc3Cl)n2)Cc2ccccc21. The molecular formula is C20H19ClN4O. The predicted molar refractivity (Wildman–Crippen MR) is 103 cm³/mol. The molecule has 1 aliphatic rings. The van der Waals surface area contributed by atoms with Gasteiger partial charge in [-0.2, -0.15) is 5.10 Å². The molecule has 1 aromatic heterocycles. The summed E-state index contributed by atoms with van der Waals surface area (Å²) in [5.41, 5.74) is 3.50. The Morgan fingerprint density at radius 3 is 2.54 bits per heavy atom. The molecule has 6 heteroatoms. The van der Waals surface area contributed by atoms with Crippen molar-refractivity contribution in [1.82, 2.24) is 14.7 Å². The molecule has 0 radical (unpaired) electrons. The van der Waals surface area contributed by atoms with Gasteiger partial charge in [0.1, 0.15) is 0 Å². The maximum atomic E-state index is 13.0. The van der Waals surface area contributed by atoms with Crippen molar-refractivity contribution >= 4 is 23.2 Å². The number of aromatic nitrogens is 2. The number of benzene rings is 2. The standard InChI is InChI=1S/C20H19ClN4O/c1-23-12-13-24(14-15-6-2-4-8-18(15)23)20(26)17-10-11-25(22-17)19-9-5-3-7-16(19)21/h2-11H,12-14H2,1H3. The first-order valence-electron chi connectivity index (χ1n) is 8.52. The molecule has 0 saturated carbocycles. The van der Waals surface area contributed by atoms with Crippen LogP contribution in [0.3, 0.4) is 0 Å². The lowest BCUT2D eigenvalue weighted by molar-refractivity contribution is 0.0745. The van der Waals surface area contributed by atoms with Gasteiger partial charge in [0.2, 0.25) is 0 Å². The van der Waals surface area contributed by atoms with E-state index in [1.165, 1.54) is 5.69 Å². The number of likely N-dealkylation sites (N-methyl/N-ethyl adjacent to an activating group) is 1. The number of amides is 1. The third-order valence-corrected chi connectivity index (χ3v) is 4.98. The van der Waals surface area contributed by atoms with Gasteiger partial charge < -0.3 is 9.80 Å². The van der Waals surface area contributed by atoms with Crippen LogP contribution in [0.5, 0.6) is 0 Å². The number of anilines is 1. The van der Waals surface area contributed by atoms with E-state index in [0.29, 0.717) is 23.8 Å². The molecule has 0 bridgehead atoms. The molecule has 2 heterocycles. The summed E-state index contributed by atoms with van der Waals surface area (Å²) in [5.74, 6) is -0.0686. The smallest absolute Gasteiger partial charge is 0.274 e. The van der Waals surface area contributed by atoms with Crippen LogP contribution in [0.4, 0.5) is 5.69 Å². The van der Waals surface area contributed by atoms with E-state index < -0.39 is 0 Å². The Kier molecular flexibility index (Phi) is 4.39. The molecule has 4 rings (SSSR count). The number of nitrogens with zero attached hydrogens (tertiary/aromatic N) is 4. The minimum Gasteiger partial charge on any atom is -0.373 e. The van der Waals surface area contributed by atoms with Crippen molar-refractivity contribution in [3.63, 3.8) is 0 Å². The Balaban J connectivity index is 1.60. The zero-order chi connectivity index (χ0) is 18.1. The first-order chi connectivity index (χ1) is 12.6. The molecule has 0 spiro atoms. The van der Waals surface area contributed by atoms with E-state index in [-0.39, 0.29) is 5.91 Å². The minimum atomic E-state index is -0.0686. The predicted octanol–water partition coefficient (Wildman–Crippen LogP) is 3.62. The molecule has 26 heavy (non-hydrogen) atoms. The molecule has 1 amide bonds. The third-order valence-electron chi connectivity index (χ3n) is 4.66. The zero-order valence-electron chi connectivity index (χ0n) is 14.5. The monoisotopic (exact) mass is 366 g/mol. The van der Waals surface area contributed by atoms with Gasteiger partial charge in [0.15, 0.2) is 5.69 Å². The molecule has 0 fully saturated rings. The van der Waals surface area contributed by atoms with Crippen LogP contribution in [0.1, 0.15) is 16.1 Å². The Morgan fingerprint density at radius 1 is 1.00 bits per heavy atom. The van der Waals surface area contributed by atoms with Gasteiger partial charge >= 0.3 is 0 Å². The van der Waals surface area contributed by atoms with Crippen LogP contribution < -0.4 is 4.90 Å². The number of carbonyl (C=O) groups is 1. The molecule has 1 aliphatic heterocycles. The van der Waals surface area contributed by atoms with Crippen molar-refractivity contribution < 1.29 is 4.79 Å². The lowest BCUT2D eigenvalue weighted by Gasteiger charge is -2.20. The van der Waals surface area contributed by atoms with E-state index in [1.54, 1.807) is 16.9 Å². The Morgan fingerprint density at radius 2 is 1.73 bits per heavy atom. The highest BCUT2D eigenvalue weighted by atomic mass is 35.5. The molecule has 0 atom stereocenters. The maximum Gasteiger partial charge on any atom is 0.274 e. The topological polar surface area (TPSA) is 41.4 Å². The van der Waals surface area contributed by atoms with Gasteiger partial charge in [-0.3, -0.25) is 4.79 Å². The second kappa shape index (κ2) is 6.84. The molecule has 5 nitrogen and oxygen atoms in total. The summed E-state index contributed by atoms with van der Waals surface area (Å²) in [7, 11) is 2.05. The van der Waals surface area contributed by atoms with Crippen molar-refractivity contribution in [2.75, 3.05) is 25.0 Å². The van der Waals surface area contributed by atoms with Crippen molar-refractivity contribution in [1.29, 1.82) is 0 Å². The second-order valence-electron chi connectivity index (χ2n) is 6.37. The molecule has 0 aliphatic carbocycles. The number of hydrogen-bond donors (Lipinski definition) is 0. The fourth-order valence-electron chi connectivity index (χ4n) is 3.24. The summed E-state index contributed by atoms with van der Waals surface area (Å²) in [6.45, 7) is 2.02. The van der Waals surface area contributed by atoms with Crippen LogP contribution in [0, 0.1) is 0 Å². The zero-order valence-corrected chi connectivity index (χ0v) is 15.2. The van der Waals surface area contributed by atoms with Gasteiger partial charge in [0.05, 0.1) is 10.7 Å². The average molecular weight is 367 g/mol. The summed E-state index contributed by atoms with van der Waals surface area (Å²) >= 11 is 6.23. The summed E-state index contributed by atoms with van der Waals surface area (Å²) in [6, 6.07) is 17.4. The average Bonchev–Trinajstić information content (AvgIpc) is 3.08. The molecule has 0 unspecified atom stereocenters. The quantitative estimate of drug-likeness (QED) is 0.695. The van der Waals surface area contributed by atoms with Gasteiger partial charge in [-0.15, -0.1) is 0 Å². The second-order valence-corrected chi connectivity index (χ2v) is 6.78. The molecule has 132 valence electrons. The van der Waals surface area contributed by atoms with Crippen molar-refractivity contribution in [3.05, 3.63) is 77.1 Å². The Hall–Kier alpha value is -2.79. The summed E-state index contributed by atoms with van der Waals surface area (Å²) < 4.78 is 1.65. The maximum absolute atomic E-state index is 13.0. The Labute approximate surface area is 157 Å². The summed E-state index contributed by atoms with van der Waals surface area (Å²) in [5, 5.41) is 5.05. The minimum absolute atomic E-state index is 0.0686. The van der Waals surface area contributed by atoms with E-state index in [1.807, 2.05) is 41.3 Å². The number of fused-ring (bicyclic) bond motifs is 1. The lowest BCUT2D eigenvalue weighted by atomic mass is 10.1. The van der Waals surface area contributed by atoms with Gasteiger partial charge in [0, 0.05) is 38.6 Å². The van der Waals surface area contributed by atoms with E-state index in [4.69, 9.17) is 11.6 Å². The number of para-hydroxylation sites is 2. The van der Waals surface area contributed by atoms with Crippen molar-refractivity contribution in [3.8, 4) is 5.69 Å². The van der Waals surface area contributed by atoms with Crippen LogP contribution in [-0.2, 0) is 6.54 Å². The number of halogens is 1. The highest BCUT2D eigenvalue weighted by Gasteiger charge is 2.23. The summed E-state index contributed by atoms with van der Waals surface area (Å²) in [6.07, 6.45) is 1.77. The largest absolute Gasteiger partial charge is 0.373 e. The van der Waals surface area contributed by atoms with Crippen LogP contribution in [0.15, 0.2) is 60.8 Å². The number of carbonyl (C=O) groups excluding carboxylic acids is 1. The van der Waals surface area contributed by atoms with E-state index in [2.05, 4.69) is 29.2 Å². The normalized spacial score (nSPS) is 14.1. The van der Waals surface area contributed by atoms with Crippen LogP contribution in [-0.4, -0.2) is 40.7 Å². The third kappa shape index (κ3) is 3.06. The van der Waals surface area contributed by atoms with Gasteiger partial charge in [0.25, 0.3) is 5.91 Å². The van der Waals surface area contributed by atoms with E-state index in [9.17, 15) is 4.79 Å². The van der Waals surface area contributed by atoms with Gasteiger partial charge in [-0.25, -0.2) is 4.68 Å².